The average molecular weight is 524 g/mol. The van der Waals surface area contributed by atoms with Crippen LogP contribution in [-0.4, -0.2) is 115 Å². The molecule has 0 saturated heterocycles. The van der Waals surface area contributed by atoms with E-state index in [9.17, 15) is 0 Å². The normalized spacial score (nSPS) is 0. The molecule has 0 fully saturated rings. The molecule has 0 aliphatic rings. The first kappa shape index (κ1) is 65.2. The Bertz CT molecular complexity index is 11.7. The zero-order valence-electron chi connectivity index (χ0n) is 3.55. The standard InChI is InChI=1S/Mg.4Se.Sn.Zn/q+2;4*-2;+4;+2. The third-order valence-corrected chi connectivity index (χ3v) is 0. The second-order valence-electron chi connectivity index (χ2n) is 0. The summed E-state index contributed by atoms with van der Waals surface area (Å²) in [5.41, 5.74) is 0. The van der Waals surface area contributed by atoms with Crippen LogP contribution in [0.5, 0.6) is 0 Å². The summed E-state index contributed by atoms with van der Waals surface area (Å²) in [4.78, 5) is 0. The molecule has 0 heterocycles. The van der Waals surface area contributed by atoms with Crippen LogP contribution >= 0.6 is 0 Å². The van der Waals surface area contributed by atoms with Crippen LogP contribution in [-0.2, 0) is 19.5 Å². The Labute approximate surface area is 132 Å². The van der Waals surface area contributed by atoms with Gasteiger partial charge in [0, 0.05) is 0 Å². The van der Waals surface area contributed by atoms with Gasteiger partial charge in [-0.3, -0.25) is 0 Å². The van der Waals surface area contributed by atoms with Gasteiger partial charge in [0.1, 0.15) is 0 Å². The largest absolute Gasteiger partial charge is 4.00 e. The van der Waals surface area contributed by atoms with Crippen molar-refractivity contribution in [3.63, 3.8) is 0 Å². The zero-order valence-corrected chi connectivity index (χ0v) is 17.6. The summed E-state index contributed by atoms with van der Waals surface area (Å²) in [6.07, 6.45) is 0. The van der Waals surface area contributed by atoms with Gasteiger partial charge in [-0.1, -0.05) is 0 Å². The van der Waals surface area contributed by atoms with Gasteiger partial charge in [0.25, 0.3) is 0 Å². The summed E-state index contributed by atoms with van der Waals surface area (Å²) in [6, 6.07) is 0. The predicted octanol–water partition coefficient (Wildman–Crippen LogP) is -2.29. The molecular weight excluding hydrogens is 524 g/mol. The van der Waals surface area contributed by atoms with Crippen molar-refractivity contribution < 1.29 is 19.5 Å². The fraction of sp³-hybridized carbons (Fsp3) is 0. The molecule has 0 bridgehead atoms. The first-order chi connectivity index (χ1) is 0. The number of hydrogen-bond donors (Lipinski definition) is 0. The molecule has 0 nitrogen and oxygen atoms in total. The van der Waals surface area contributed by atoms with Crippen LogP contribution < -0.4 is 0 Å². The van der Waals surface area contributed by atoms with Crippen LogP contribution in [0.3, 0.4) is 0 Å². The van der Waals surface area contributed by atoms with Gasteiger partial charge >= 0.3 is 66.4 Å². The summed E-state index contributed by atoms with van der Waals surface area (Å²) in [5.74, 6) is 0. The van der Waals surface area contributed by atoms with Crippen molar-refractivity contribution in [2.45, 2.75) is 0 Å². The van der Waals surface area contributed by atoms with Crippen LogP contribution in [0.25, 0.3) is 0 Å². The Morgan fingerprint density at radius 1 is 0.571 bits per heavy atom. The van der Waals surface area contributed by atoms with E-state index in [0.29, 0.717) is 0 Å². The topological polar surface area (TPSA) is 0 Å². The molecule has 0 aromatic rings. The van der Waals surface area contributed by atoms with Gasteiger partial charge in [-0.05, 0) is 0 Å². The van der Waals surface area contributed by atoms with Crippen molar-refractivity contribution in [1.29, 1.82) is 0 Å². The monoisotopic (exact) mass is 527 g/mol. The van der Waals surface area contributed by atoms with Crippen molar-refractivity contribution in [2.24, 2.45) is 0 Å². The third kappa shape index (κ3) is 38.5. The van der Waals surface area contributed by atoms with E-state index in [-0.39, 0.29) is 135 Å². The quantitative estimate of drug-likeness (QED) is 0.314. The van der Waals surface area contributed by atoms with E-state index in [1.54, 1.807) is 0 Å². The molecule has 0 spiro atoms. The van der Waals surface area contributed by atoms with Crippen LogP contribution in [0.15, 0.2) is 0 Å². The maximum atomic E-state index is 0. The minimum absolute atomic E-state index is 0. The molecule has 0 aromatic heterocycles. The van der Waals surface area contributed by atoms with Crippen molar-refractivity contribution in [3.8, 4) is 0 Å². The Hall–Kier alpha value is 4.27. The summed E-state index contributed by atoms with van der Waals surface area (Å²) in [6.45, 7) is 0. The van der Waals surface area contributed by atoms with Crippen molar-refractivity contribution >= 4 is 115 Å². The summed E-state index contributed by atoms with van der Waals surface area (Å²) < 4.78 is 0. The van der Waals surface area contributed by atoms with E-state index in [1.165, 1.54) is 0 Å². The van der Waals surface area contributed by atoms with Crippen LogP contribution in [0.4, 0.5) is 0 Å². The van der Waals surface area contributed by atoms with Crippen molar-refractivity contribution in [1.82, 2.24) is 0 Å². The number of hydrogen-bond acceptors (Lipinski definition) is 0. The van der Waals surface area contributed by atoms with Gasteiger partial charge in [0.2, 0.25) is 0 Å². The molecular formula is MgSe4SnZn. The van der Waals surface area contributed by atoms with Crippen molar-refractivity contribution in [2.75, 3.05) is 0 Å². The van der Waals surface area contributed by atoms with Crippen molar-refractivity contribution in [3.05, 3.63) is 0 Å². The zero-order chi connectivity index (χ0) is 0. The van der Waals surface area contributed by atoms with E-state index in [1.807, 2.05) is 0 Å². The molecule has 0 radical (unpaired) electrons. The molecule has 32 valence electrons. The van der Waals surface area contributed by atoms with Gasteiger partial charge in [0.05, 0.1) is 0 Å². The molecule has 7 heteroatoms. The molecule has 0 aliphatic heterocycles. The average Bonchev–Trinajstić information content (AvgIpc) is 0. The molecule has 0 aliphatic carbocycles. The molecule has 7 heavy (non-hydrogen) atoms. The summed E-state index contributed by atoms with van der Waals surface area (Å²) in [7, 11) is 0. The first-order valence-electron chi connectivity index (χ1n) is 0. The Balaban J connectivity index is 0. The summed E-state index contributed by atoms with van der Waals surface area (Å²) in [5, 5.41) is 0. The van der Waals surface area contributed by atoms with Gasteiger partial charge in [-0.2, -0.15) is 0 Å². The van der Waals surface area contributed by atoms with E-state index < -0.39 is 0 Å². The third-order valence-electron chi connectivity index (χ3n) is 0. The van der Waals surface area contributed by atoms with E-state index in [2.05, 4.69) is 0 Å². The predicted molar refractivity (Wildman–Crippen MR) is 34.5 cm³/mol. The Morgan fingerprint density at radius 3 is 0.571 bits per heavy atom. The van der Waals surface area contributed by atoms with Crippen LogP contribution in [0.1, 0.15) is 0 Å². The second-order valence-corrected chi connectivity index (χ2v) is 0. The maximum absolute atomic E-state index is 0. The van der Waals surface area contributed by atoms with Gasteiger partial charge in [-0.15, -0.1) is 0 Å². The smallest absolute Gasteiger partial charge is 2.00 e. The maximum Gasteiger partial charge on any atom is 4.00 e. The Kier molecular flexibility index (Phi) is 451. The fourth-order valence-electron chi connectivity index (χ4n) is 0. The van der Waals surface area contributed by atoms with E-state index in [0.717, 1.165) is 0 Å². The van der Waals surface area contributed by atoms with Crippen LogP contribution in [0.2, 0.25) is 0 Å². The molecule has 0 atom stereocenters. The molecule has 0 rings (SSSR count). The number of rotatable bonds is 0. The first-order valence-corrected chi connectivity index (χ1v) is 0. The minimum Gasteiger partial charge on any atom is -2.00 e. The van der Waals surface area contributed by atoms with Crippen LogP contribution in [0, 0.1) is 0 Å². The molecule has 0 aromatic carbocycles. The van der Waals surface area contributed by atoms with Gasteiger partial charge in [-0.25, -0.2) is 0 Å². The SMILES string of the molecule is [Mg+2].[Se-2].[Se-2].[Se-2].[Se-2].[Sn+4].[Zn+2]. The van der Waals surface area contributed by atoms with Gasteiger partial charge < -0.3 is 68.3 Å². The summed E-state index contributed by atoms with van der Waals surface area (Å²) >= 11 is 0. The van der Waals surface area contributed by atoms with E-state index in [4.69, 9.17) is 0 Å². The molecule has 0 saturated carbocycles. The van der Waals surface area contributed by atoms with Gasteiger partial charge in [0.15, 0.2) is 0 Å². The van der Waals surface area contributed by atoms with E-state index >= 15 is 0 Å². The molecule has 0 unspecified atom stereocenters. The fourth-order valence-corrected chi connectivity index (χ4v) is 0. The second kappa shape index (κ2) is 48.4. The Morgan fingerprint density at radius 2 is 0.571 bits per heavy atom. The molecule has 0 N–H and O–H groups in total. The molecule has 0 amide bonds. The minimum atomic E-state index is 0.